The fourth-order valence-corrected chi connectivity index (χ4v) is 2.20. The van der Waals surface area contributed by atoms with Crippen molar-refractivity contribution in [3.63, 3.8) is 0 Å². The van der Waals surface area contributed by atoms with E-state index in [1.54, 1.807) is 18.2 Å². The third-order valence-electron chi connectivity index (χ3n) is 2.45. The Labute approximate surface area is 124 Å². The van der Waals surface area contributed by atoms with E-state index < -0.39 is 5.91 Å². The molecule has 0 saturated carbocycles. The summed E-state index contributed by atoms with van der Waals surface area (Å²) in [5, 5.41) is 2.94. The molecule has 0 saturated heterocycles. The van der Waals surface area contributed by atoms with Crippen LogP contribution in [0.2, 0.25) is 0 Å². The molecule has 2 amide bonds. The minimum atomic E-state index is -0.618. The maximum absolute atomic E-state index is 11.8. The van der Waals surface area contributed by atoms with Crippen molar-refractivity contribution >= 4 is 29.3 Å². The molecule has 0 unspecified atom stereocenters. The number of primary amides is 1. The summed E-state index contributed by atoms with van der Waals surface area (Å²) >= 11 is 1.08. The van der Waals surface area contributed by atoms with E-state index in [4.69, 9.17) is 5.73 Å². The Bertz CT molecular complexity index is 729. The first-order valence-electron chi connectivity index (χ1n) is 5.93. The lowest BCUT2D eigenvalue weighted by atomic mass is 10.1. The van der Waals surface area contributed by atoms with Gasteiger partial charge in [-0.3, -0.25) is 14.4 Å². The summed E-state index contributed by atoms with van der Waals surface area (Å²) in [5.41, 5.74) is 5.53. The lowest BCUT2D eigenvalue weighted by Crippen LogP contribution is -2.19. The number of nitrogens with zero attached hydrogens (tertiary/aromatic N) is 1. The molecule has 0 aliphatic carbocycles. The number of benzene rings is 1. The van der Waals surface area contributed by atoms with Crippen LogP contribution in [0.5, 0.6) is 0 Å². The van der Waals surface area contributed by atoms with Crippen LogP contribution in [0.1, 0.15) is 10.4 Å². The molecule has 0 radical (unpaired) electrons. The van der Waals surface area contributed by atoms with Crippen LogP contribution >= 0.6 is 11.8 Å². The molecule has 0 spiro atoms. The summed E-state index contributed by atoms with van der Waals surface area (Å²) in [5.74, 6) is -0.909. The minimum Gasteiger partial charge on any atom is -0.366 e. The molecule has 0 aliphatic rings. The molecule has 1 heterocycles. The quantitative estimate of drug-likeness (QED) is 0.552. The molecular formula is C13H12N4O3S. The van der Waals surface area contributed by atoms with E-state index >= 15 is 0 Å². The van der Waals surface area contributed by atoms with Gasteiger partial charge in [0.05, 0.1) is 17.0 Å². The van der Waals surface area contributed by atoms with Crippen molar-refractivity contribution in [1.29, 1.82) is 0 Å². The van der Waals surface area contributed by atoms with E-state index in [1.165, 1.54) is 18.3 Å². The molecule has 21 heavy (non-hydrogen) atoms. The average Bonchev–Trinajstić information content (AvgIpc) is 2.45. The van der Waals surface area contributed by atoms with Crippen LogP contribution in [0.15, 0.2) is 46.5 Å². The number of aromatic nitrogens is 2. The summed E-state index contributed by atoms with van der Waals surface area (Å²) in [6.45, 7) is 0. The molecule has 0 bridgehead atoms. The Hall–Kier alpha value is -2.61. The van der Waals surface area contributed by atoms with Gasteiger partial charge in [0.15, 0.2) is 5.16 Å². The Morgan fingerprint density at radius 1 is 1.29 bits per heavy atom. The zero-order chi connectivity index (χ0) is 15.2. The molecule has 0 aliphatic heterocycles. The summed E-state index contributed by atoms with van der Waals surface area (Å²) in [6, 6.07) is 7.74. The largest absolute Gasteiger partial charge is 0.366 e. The predicted molar refractivity (Wildman–Crippen MR) is 79.2 cm³/mol. The average molecular weight is 304 g/mol. The highest BCUT2D eigenvalue weighted by atomic mass is 32.2. The monoisotopic (exact) mass is 304 g/mol. The first-order chi connectivity index (χ1) is 10.1. The van der Waals surface area contributed by atoms with Gasteiger partial charge in [-0.2, -0.15) is 0 Å². The van der Waals surface area contributed by atoms with E-state index in [1.807, 2.05) is 0 Å². The van der Waals surface area contributed by atoms with Gasteiger partial charge in [0.25, 0.3) is 11.5 Å². The van der Waals surface area contributed by atoms with Gasteiger partial charge in [0, 0.05) is 12.3 Å². The Morgan fingerprint density at radius 3 is 2.76 bits per heavy atom. The highest BCUT2D eigenvalue weighted by molar-refractivity contribution is 7.99. The molecule has 1 aromatic carbocycles. The van der Waals surface area contributed by atoms with E-state index in [2.05, 4.69) is 15.3 Å². The van der Waals surface area contributed by atoms with Gasteiger partial charge in [0.2, 0.25) is 5.91 Å². The predicted octanol–water partition coefficient (Wildman–Crippen LogP) is 0.600. The maximum Gasteiger partial charge on any atom is 0.251 e. The van der Waals surface area contributed by atoms with Gasteiger partial charge >= 0.3 is 0 Å². The number of para-hydroxylation sites is 1. The number of anilines is 1. The van der Waals surface area contributed by atoms with Crippen LogP contribution < -0.4 is 16.6 Å². The van der Waals surface area contributed by atoms with Gasteiger partial charge in [-0.15, -0.1) is 0 Å². The molecule has 0 fully saturated rings. The molecule has 2 rings (SSSR count). The Morgan fingerprint density at radius 2 is 2.05 bits per heavy atom. The van der Waals surface area contributed by atoms with Crippen molar-refractivity contribution < 1.29 is 9.59 Å². The number of amides is 2. The minimum absolute atomic E-state index is 0.0417. The van der Waals surface area contributed by atoms with Gasteiger partial charge in [0.1, 0.15) is 0 Å². The molecule has 1 aromatic heterocycles. The molecule has 108 valence electrons. The van der Waals surface area contributed by atoms with Crippen molar-refractivity contribution in [2.75, 3.05) is 11.1 Å². The van der Waals surface area contributed by atoms with Crippen molar-refractivity contribution in [2.24, 2.45) is 5.73 Å². The Balaban J connectivity index is 1.99. The van der Waals surface area contributed by atoms with Crippen molar-refractivity contribution in [2.45, 2.75) is 5.16 Å². The smallest absolute Gasteiger partial charge is 0.251 e. The number of nitrogens with two attached hydrogens (primary N) is 1. The molecule has 0 atom stereocenters. The van der Waals surface area contributed by atoms with Gasteiger partial charge in [-0.25, -0.2) is 4.98 Å². The van der Waals surface area contributed by atoms with E-state index in [9.17, 15) is 14.4 Å². The van der Waals surface area contributed by atoms with Gasteiger partial charge < -0.3 is 16.0 Å². The van der Waals surface area contributed by atoms with Crippen LogP contribution in [-0.2, 0) is 4.79 Å². The number of H-pyrrole nitrogens is 1. The second kappa shape index (κ2) is 6.71. The maximum atomic E-state index is 11.8. The van der Waals surface area contributed by atoms with E-state index in [-0.39, 0.29) is 22.8 Å². The standard InChI is InChI=1S/C13H12N4O3S/c14-12(20)8-3-1-2-4-9(8)16-11(19)7-21-13-15-6-5-10(18)17-13/h1-6H,7H2,(H2,14,20)(H,16,19)(H,15,17,18). The second-order valence-electron chi connectivity index (χ2n) is 3.99. The first-order valence-corrected chi connectivity index (χ1v) is 6.91. The van der Waals surface area contributed by atoms with Crippen molar-refractivity contribution in [1.82, 2.24) is 9.97 Å². The number of carbonyl (C=O) groups excluding carboxylic acids is 2. The normalized spacial score (nSPS) is 10.1. The summed E-state index contributed by atoms with van der Waals surface area (Å²) in [4.78, 5) is 40.6. The van der Waals surface area contributed by atoms with Crippen molar-refractivity contribution in [3.8, 4) is 0 Å². The van der Waals surface area contributed by atoms with Crippen LogP contribution in [0.3, 0.4) is 0 Å². The summed E-state index contributed by atoms with van der Waals surface area (Å²) in [6.07, 6.45) is 1.36. The third kappa shape index (κ3) is 4.18. The van der Waals surface area contributed by atoms with Crippen LogP contribution in [0.4, 0.5) is 5.69 Å². The van der Waals surface area contributed by atoms with Crippen LogP contribution in [-0.4, -0.2) is 27.5 Å². The number of nitrogens with one attached hydrogen (secondary N) is 2. The number of hydrogen-bond acceptors (Lipinski definition) is 5. The highest BCUT2D eigenvalue weighted by Gasteiger charge is 2.10. The zero-order valence-corrected chi connectivity index (χ0v) is 11.6. The van der Waals surface area contributed by atoms with Crippen LogP contribution in [0, 0.1) is 0 Å². The topological polar surface area (TPSA) is 118 Å². The van der Waals surface area contributed by atoms with Crippen molar-refractivity contribution in [3.05, 3.63) is 52.4 Å². The number of rotatable bonds is 5. The van der Waals surface area contributed by atoms with Gasteiger partial charge in [-0.05, 0) is 12.1 Å². The molecule has 2 aromatic rings. The van der Waals surface area contributed by atoms with E-state index in [0.717, 1.165) is 11.8 Å². The lowest BCUT2D eigenvalue weighted by Gasteiger charge is -2.08. The number of hydrogen-bond donors (Lipinski definition) is 3. The fourth-order valence-electron chi connectivity index (χ4n) is 1.55. The number of thioether (sulfide) groups is 1. The first kappa shape index (κ1) is 14.8. The van der Waals surface area contributed by atoms with Gasteiger partial charge in [-0.1, -0.05) is 23.9 Å². The van der Waals surface area contributed by atoms with E-state index in [0.29, 0.717) is 10.8 Å². The molecule has 8 heteroatoms. The molecular weight excluding hydrogens is 292 g/mol. The second-order valence-corrected chi connectivity index (χ2v) is 4.95. The number of aromatic amines is 1. The lowest BCUT2D eigenvalue weighted by molar-refractivity contribution is -0.113. The molecule has 4 N–H and O–H groups in total. The SMILES string of the molecule is NC(=O)c1ccccc1NC(=O)CSc1nccc(=O)[nH]1. The number of carbonyl (C=O) groups is 2. The third-order valence-corrected chi connectivity index (χ3v) is 3.34. The molecule has 7 nitrogen and oxygen atoms in total. The highest BCUT2D eigenvalue weighted by Crippen LogP contribution is 2.16. The Kier molecular flexibility index (Phi) is 4.72. The fraction of sp³-hybridized carbons (Fsp3) is 0.0769. The zero-order valence-electron chi connectivity index (χ0n) is 10.8. The summed E-state index contributed by atoms with van der Waals surface area (Å²) in [7, 11) is 0. The summed E-state index contributed by atoms with van der Waals surface area (Å²) < 4.78 is 0. The van der Waals surface area contributed by atoms with Crippen LogP contribution in [0.25, 0.3) is 0 Å².